The normalized spacial score (nSPS) is 11.5. The zero-order valence-electron chi connectivity index (χ0n) is 13.6. The number of hydrogen-bond donors (Lipinski definition) is 1. The summed E-state index contributed by atoms with van der Waals surface area (Å²) in [7, 11) is 0. The Morgan fingerprint density at radius 2 is 1.86 bits per heavy atom. The fourth-order valence-corrected chi connectivity index (χ4v) is 2.13. The second kappa shape index (κ2) is 8.22. The van der Waals surface area contributed by atoms with Crippen molar-refractivity contribution in [3.63, 3.8) is 0 Å². The molecule has 0 aliphatic rings. The van der Waals surface area contributed by atoms with Crippen LogP contribution in [0.1, 0.15) is 23.6 Å². The van der Waals surface area contributed by atoms with Crippen molar-refractivity contribution in [3.8, 4) is 5.75 Å². The third-order valence-electron chi connectivity index (χ3n) is 3.04. The molecule has 0 saturated carbocycles. The molecule has 0 unspecified atom stereocenters. The minimum atomic E-state index is -0.865. The number of ether oxygens (including phenoxy) is 2. The Labute approximate surface area is 131 Å². The van der Waals surface area contributed by atoms with E-state index in [1.165, 1.54) is 6.92 Å². The first-order valence-corrected chi connectivity index (χ1v) is 7.14. The molecule has 0 aromatic heterocycles. The van der Waals surface area contributed by atoms with E-state index in [9.17, 15) is 9.59 Å². The van der Waals surface area contributed by atoms with Gasteiger partial charge in [0, 0.05) is 6.54 Å². The van der Waals surface area contributed by atoms with Gasteiger partial charge in [-0.25, -0.2) is 4.79 Å². The Morgan fingerprint density at radius 1 is 1.27 bits per heavy atom. The molecule has 1 N–H and O–H groups in total. The first-order valence-electron chi connectivity index (χ1n) is 7.14. The van der Waals surface area contributed by atoms with Crippen LogP contribution in [-0.2, 0) is 14.3 Å². The molecular formula is C17H23NO4. The average Bonchev–Trinajstić information content (AvgIpc) is 2.43. The number of rotatable bonds is 7. The minimum Gasteiger partial charge on any atom is -0.481 e. The van der Waals surface area contributed by atoms with E-state index in [1.54, 1.807) is 6.08 Å². The number of aryl methyl sites for hydroxylation is 3. The zero-order chi connectivity index (χ0) is 16.7. The number of benzene rings is 1. The van der Waals surface area contributed by atoms with E-state index in [0.29, 0.717) is 12.3 Å². The molecule has 0 bridgehead atoms. The van der Waals surface area contributed by atoms with Gasteiger partial charge in [0.05, 0.1) is 0 Å². The van der Waals surface area contributed by atoms with E-state index in [2.05, 4.69) is 11.9 Å². The molecule has 0 saturated heterocycles. The summed E-state index contributed by atoms with van der Waals surface area (Å²) >= 11 is 0. The number of esters is 1. The van der Waals surface area contributed by atoms with Crippen molar-refractivity contribution in [1.82, 2.24) is 5.32 Å². The zero-order valence-corrected chi connectivity index (χ0v) is 13.6. The molecule has 0 radical (unpaired) electrons. The molecule has 5 heteroatoms. The molecule has 1 aromatic rings. The molecule has 0 aliphatic carbocycles. The highest BCUT2D eigenvalue weighted by Crippen LogP contribution is 2.24. The summed E-state index contributed by atoms with van der Waals surface area (Å²) in [5, 5.41) is 2.56. The van der Waals surface area contributed by atoms with E-state index in [0.717, 1.165) is 16.7 Å². The third-order valence-corrected chi connectivity index (χ3v) is 3.04. The summed E-state index contributed by atoms with van der Waals surface area (Å²) in [6.07, 6.45) is 0.689. The van der Waals surface area contributed by atoms with Crippen LogP contribution in [0.5, 0.6) is 5.75 Å². The first-order chi connectivity index (χ1) is 10.3. The molecule has 22 heavy (non-hydrogen) atoms. The Kier molecular flexibility index (Phi) is 6.63. The quantitative estimate of drug-likeness (QED) is 0.620. The van der Waals surface area contributed by atoms with Crippen LogP contribution < -0.4 is 10.1 Å². The number of amides is 1. The predicted molar refractivity (Wildman–Crippen MR) is 84.9 cm³/mol. The summed E-state index contributed by atoms with van der Waals surface area (Å²) in [5.41, 5.74) is 3.06. The highest BCUT2D eigenvalue weighted by atomic mass is 16.6. The first kappa shape index (κ1) is 17.8. The third kappa shape index (κ3) is 5.24. The lowest BCUT2D eigenvalue weighted by Gasteiger charge is -2.15. The van der Waals surface area contributed by atoms with Gasteiger partial charge in [-0.1, -0.05) is 23.8 Å². The van der Waals surface area contributed by atoms with Crippen LogP contribution in [0.2, 0.25) is 0 Å². The Balaban J connectivity index is 2.53. The second-order valence-corrected chi connectivity index (χ2v) is 5.18. The van der Waals surface area contributed by atoms with E-state index < -0.39 is 12.1 Å². The van der Waals surface area contributed by atoms with Gasteiger partial charge in [-0.05, 0) is 38.8 Å². The molecule has 0 heterocycles. The van der Waals surface area contributed by atoms with Gasteiger partial charge in [0.2, 0.25) is 0 Å². The van der Waals surface area contributed by atoms with Crippen molar-refractivity contribution >= 4 is 11.9 Å². The minimum absolute atomic E-state index is 0.232. The SMILES string of the molecule is C=CCNC(=O)[C@@H](C)OC(=O)COc1c(C)cc(C)cc1C. The summed E-state index contributed by atoms with van der Waals surface area (Å²) in [6.45, 7) is 11.0. The van der Waals surface area contributed by atoms with Crippen LogP contribution in [0.4, 0.5) is 0 Å². The van der Waals surface area contributed by atoms with Crippen LogP contribution in [0.3, 0.4) is 0 Å². The van der Waals surface area contributed by atoms with Crippen LogP contribution in [0, 0.1) is 20.8 Å². The number of hydrogen-bond acceptors (Lipinski definition) is 4. The van der Waals surface area contributed by atoms with Gasteiger partial charge < -0.3 is 14.8 Å². The molecule has 1 amide bonds. The van der Waals surface area contributed by atoms with E-state index in [-0.39, 0.29) is 12.5 Å². The van der Waals surface area contributed by atoms with Crippen molar-refractivity contribution in [2.75, 3.05) is 13.2 Å². The van der Waals surface area contributed by atoms with E-state index >= 15 is 0 Å². The van der Waals surface area contributed by atoms with Gasteiger partial charge in [-0.2, -0.15) is 0 Å². The maximum Gasteiger partial charge on any atom is 0.344 e. The second-order valence-electron chi connectivity index (χ2n) is 5.18. The van der Waals surface area contributed by atoms with Crippen molar-refractivity contribution in [2.24, 2.45) is 0 Å². The maximum atomic E-state index is 11.7. The van der Waals surface area contributed by atoms with Crippen molar-refractivity contribution in [3.05, 3.63) is 41.5 Å². The Hall–Kier alpha value is -2.30. The van der Waals surface area contributed by atoms with Crippen LogP contribution >= 0.6 is 0 Å². The molecule has 1 atom stereocenters. The molecular weight excluding hydrogens is 282 g/mol. The van der Waals surface area contributed by atoms with Gasteiger partial charge in [-0.3, -0.25) is 4.79 Å². The lowest BCUT2D eigenvalue weighted by molar-refractivity contribution is -0.156. The highest BCUT2D eigenvalue weighted by molar-refractivity contribution is 5.83. The summed E-state index contributed by atoms with van der Waals surface area (Å²) in [5.74, 6) is -0.275. The van der Waals surface area contributed by atoms with Crippen molar-refractivity contribution in [1.29, 1.82) is 0 Å². The molecule has 120 valence electrons. The van der Waals surface area contributed by atoms with Crippen LogP contribution in [0.15, 0.2) is 24.8 Å². The molecule has 0 fully saturated rings. The van der Waals surface area contributed by atoms with Crippen molar-refractivity contribution in [2.45, 2.75) is 33.8 Å². The Morgan fingerprint density at radius 3 is 2.41 bits per heavy atom. The highest BCUT2D eigenvalue weighted by Gasteiger charge is 2.18. The van der Waals surface area contributed by atoms with Crippen LogP contribution in [-0.4, -0.2) is 31.1 Å². The van der Waals surface area contributed by atoms with E-state index in [1.807, 2.05) is 32.9 Å². The number of carbonyl (C=O) groups is 2. The monoisotopic (exact) mass is 305 g/mol. The van der Waals surface area contributed by atoms with Gasteiger partial charge in [-0.15, -0.1) is 6.58 Å². The summed E-state index contributed by atoms with van der Waals surface area (Å²) < 4.78 is 10.5. The lowest BCUT2D eigenvalue weighted by atomic mass is 10.1. The van der Waals surface area contributed by atoms with Crippen molar-refractivity contribution < 1.29 is 19.1 Å². The average molecular weight is 305 g/mol. The van der Waals surface area contributed by atoms with Gasteiger partial charge in [0.25, 0.3) is 5.91 Å². The number of carbonyl (C=O) groups excluding carboxylic acids is 2. The lowest BCUT2D eigenvalue weighted by Crippen LogP contribution is -2.36. The largest absolute Gasteiger partial charge is 0.481 e. The molecule has 0 aliphatic heterocycles. The fraction of sp³-hybridized carbons (Fsp3) is 0.412. The Bertz CT molecular complexity index is 543. The maximum absolute atomic E-state index is 11.7. The number of nitrogens with one attached hydrogen (secondary N) is 1. The standard InChI is InChI=1S/C17H23NO4/c1-6-7-18-17(20)14(5)22-15(19)10-21-16-12(3)8-11(2)9-13(16)4/h6,8-9,14H,1,7,10H2,2-5H3,(H,18,20)/t14-/m1/s1. The molecule has 5 nitrogen and oxygen atoms in total. The molecule has 1 aromatic carbocycles. The van der Waals surface area contributed by atoms with Gasteiger partial charge in [0.1, 0.15) is 5.75 Å². The summed E-state index contributed by atoms with van der Waals surface area (Å²) in [4.78, 5) is 23.3. The van der Waals surface area contributed by atoms with Gasteiger partial charge >= 0.3 is 5.97 Å². The summed E-state index contributed by atoms with van der Waals surface area (Å²) in [6, 6.07) is 3.97. The topological polar surface area (TPSA) is 64.6 Å². The molecule has 1 rings (SSSR count). The fourth-order valence-electron chi connectivity index (χ4n) is 2.13. The predicted octanol–water partition coefficient (Wildman–Crippen LogP) is 2.22. The van der Waals surface area contributed by atoms with Gasteiger partial charge in [0.15, 0.2) is 12.7 Å². The smallest absolute Gasteiger partial charge is 0.344 e. The molecule has 0 spiro atoms. The van der Waals surface area contributed by atoms with Crippen LogP contribution in [0.25, 0.3) is 0 Å². The van der Waals surface area contributed by atoms with E-state index in [4.69, 9.17) is 9.47 Å².